The molecular formula is C26H31F4N5O4. The van der Waals surface area contributed by atoms with E-state index < -0.39 is 23.1 Å². The van der Waals surface area contributed by atoms with Crippen LogP contribution in [0.3, 0.4) is 0 Å². The van der Waals surface area contributed by atoms with Gasteiger partial charge in [-0.05, 0) is 57.4 Å². The second-order valence-electron chi connectivity index (χ2n) is 10.7. The summed E-state index contributed by atoms with van der Waals surface area (Å²) in [5, 5.41) is 9.77. The van der Waals surface area contributed by atoms with Crippen molar-refractivity contribution in [2.75, 3.05) is 20.8 Å². The summed E-state index contributed by atoms with van der Waals surface area (Å²) >= 11 is 0. The maximum absolute atomic E-state index is 14.3. The van der Waals surface area contributed by atoms with Crippen molar-refractivity contribution in [1.82, 2.24) is 25.4 Å². The summed E-state index contributed by atoms with van der Waals surface area (Å²) in [6.07, 6.45) is -1.03. The van der Waals surface area contributed by atoms with Crippen LogP contribution in [0.4, 0.5) is 17.6 Å². The van der Waals surface area contributed by atoms with Crippen LogP contribution in [0.5, 0.6) is 5.88 Å². The molecule has 1 saturated heterocycles. The fourth-order valence-electron chi connectivity index (χ4n) is 5.95. The lowest BCUT2D eigenvalue weighted by molar-refractivity contribution is -0.280. The molecule has 2 amide bonds. The number of halogens is 4. The van der Waals surface area contributed by atoms with Gasteiger partial charge in [-0.15, -0.1) is 0 Å². The summed E-state index contributed by atoms with van der Waals surface area (Å²) < 4.78 is 64.6. The molecule has 0 unspecified atom stereocenters. The van der Waals surface area contributed by atoms with Gasteiger partial charge in [-0.3, -0.25) is 14.7 Å². The average Bonchev–Trinajstić information content (AvgIpc) is 3.49. The van der Waals surface area contributed by atoms with Gasteiger partial charge in [0.15, 0.2) is 17.1 Å². The predicted octanol–water partition coefficient (Wildman–Crippen LogP) is 4.01. The minimum absolute atomic E-state index is 0.142. The predicted molar refractivity (Wildman–Crippen MR) is 130 cm³/mol. The largest absolute Gasteiger partial charge is 0.481 e. The maximum atomic E-state index is 14.3. The summed E-state index contributed by atoms with van der Waals surface area (Å²) in [6.45, 7) is 0.349. The molecule has 2 aromatic heterocycles. The molecule has 39 heavy (non-hydrogen) atoms. The van der Waals surface area contributed by atoms with E-state index in [1.165, 1.54) is 19.2 Å². The monoisotopic (exact) mass is 553 g/mol. The lowest BCUT2D eigenvalue weighted by Crippen LogP contribution is -2.54. The van der Waals surface area contributed by atoms with Crippen molar-refractivity contribution in [2.45, 2.75) is 74.7 Å². The smallest absolute Gasteiger partial charge is 0.417 e. The highest BCUT2D eigenvalue weighted by atomic mass is 19.4. The number of hydrogen-bond donors (Lipinski definition) is 2. The van der Waals surface area contributed by atoms with Gasteiger partial charge in [-0.1, -0.05) is 0 Å². The Kier molecular flexibility index (Phi) is 7.06. The van der Waals surface area contributed by atoms with Crippen molar-refractivity contribution in [2.24, 2.45) is 5.92 Å². The fraction of sp³-hybridized carbons (Fsp3) is 0.615. The first-order valence-corrected chi connectivity index (χ1v) is 13.0. The minimum atomic E-state index is -4.46. The number of nitrogens with zero attached hydrogens (tertiary/aromatic N) is 3. The third-order valence-electron chi connectivity index (χ3n) is 8.52. The number of aromatic nitrogens is 3. The first kappa shape index (κ1) is 27.4. The minimum Gasteiger partial charge on any atom is -0.481 e. The Labute approximate surface area is 222 Å². The van der Waals surface area contributed by atoms with Gasteiger partial charge in [0.05, 0.1) is 19.0 Å². The summed E-state index contributed by atoms with van der Waals surface area (Å²) in [6, 6.07) is 2.56. The number of aromatic amines is 1. The lowest BCUT2D eigenvalue weighted by Gasteiger charge is -2.42. The van der Waals surface area contributed by atoms with Crippen molar-refractivity contribution in [1.29, 1.82) is 0 Å². The number of alkyl halides is 3. The quantitative estimate of drug-likeness (QED) is 0.524. The van der Waals surface area contributed by atoms with Crippen LogP contribution in [-0.2, 0) is 9.53 Å². The number of piperidine rings is 1. The Hall–Kier alpha value is -3.22. The molecule has 3 fully saturated rings. The van der Waals surface area contributed by atoms with Gasteiger partial charge in [-0.2, -0.15) is 18.3 Å². The molecule has 13 heteroatoms. The van der Waals surface area contributed by atoms with Crippen LogP contribution < -0.4 is 10.1 Å². The molecule has 1 atom stereocenters. The molecular weight excluding hydrogens is 522 g/mol. The van der Waals surface area contributed by atoms with Gasteiger partial charge in [-0.25, -0.2) is 9.37 Å². The number of amides is 2. The van der Waals surface area contributed by atoms with Gasteiger partial charge in [0.2, 0.25) is 11.8 Å². The number of ether oxygens (including phenoxy) is 2. The van der Waals surface area contributed by atoms with Crippen molar-refractivity contribution in [3.63, 3.8) is 0 Å². The van der Waals surface area contributed by atoms with Gasteiger partial charge < -0.3 is 19.7 Å². The van der Waals surface area contributed by atoms with Gasteiger partial charge in [0.25, 0.3) is 5.91 Å². The van der Waals surface area contributed by atoms with Crippen LogP contribution in [0.2, 0.25) is 0 Å². The van der Waals surface area contributed by atoms with Crippen LogP contribution in [0, 0.1) is 11.7 Å². The standard InChI is InChI=1S/C26H31F4N5O4/c1-38-21-11-17(18(27)14-31-21)19-12-20(34-33-19)23(37)35-10-5-15(13-24(35)8-9-24)22(36)32-16-3-6-25(39-2,7-4-16)26(28,29)30/h11-12,14-16H,3-10,13H2,1-2H3,(H,32,36)(H,33,34)/t15-,16?,25?/m1/s1. The van der Waals surface area contributed by atoms with E-state index in [1.54, 1.807) is 4.90 Å². The summed E-state index contributed by atoms with van der Waals surface area (Å²) in [5.41, 5.74) is -1.98. The van der Waals surface area contributed by atoms with E-state index >= 15 is 0 Å². The Bertz CT molecular complexity index is 1240. The molecule has 5 rings (SSSR count). The first-order chi connectivity index (χ1) is 18.5. The van der Waals surface area contributed by atoms with Gasteiger partial charge in [0, 0.05) is 42.8 Å². The van der Waals surface area contributed by atoms with Crippen molar-refractivity contribution in [3.05, 3.63) is 29.8 Å². The molecule has 9 nitrogen and oxygen atoms in total. The first-order valence-electron chi connectivity index (χ1n) is 13.0. The van der Waals surface area contributed by atoms with E-state index in [2.05, 4.69) is 20.5 Å². The topological polar surface area (TPSA) is 109 Å². The Balaban J connectivity index is 1.20. The number of nitrogens with one attached hydrogen (secondary N) is 2. The highest BCUT2D eigenvalue weighted by Gasteiger charge is 2.57. The molecule has 2 aromatic rings. The SMILES string of the molecule is COc1cc(-c2cc(C(=O)N3CC[C@@H](C(=O)NC4CCC(OC)(C(F)(F)F)CC4)CC34CC4)n[nH]2)c(F)cn1. The van der Waals surface area contributed by atoms with E-state index in [9.17, 15) is 27.2 Å². The number of pyridine rings is 1. The van der Waals surface area contributed by atoms with Crippen molar-refractivity contribution in [3.8, 4) is 17.1 Å². The number of rotatable bonds is 6. The summed E-state index contributed by atoms with van der Waals surface area (Å²) in [4.78, 5) is 32.0. The van der Waals surface area contributed by atoms with E-state index in [-0.39, 0.29) is 66.6 Å². The third kappa shape index (κ3) is 5.08. The molecule has 3 aliphatic rings. The summed E-state index contributed by atoms with van der Waals surface area (Å²) in [5.74, 6) is -1.18. The molecule has 2 aliphatic carbocycles. The molecule has 0 radical (unpaired) electrons. The highest BCUT2D eigenvalue weighted by molar-refractivity contribution is 5.94. The zero-order valence-corrected chi connectivity index (χ0v) is 21.7. The van der Waals surface area contributed by atoms with E-state index in [0.717, 1.165) is 26.1 Å². The van der Waals surface area contributed by atoms with Gasteiger partial charge in [0.1, 0.15) is 0 Å². The van der Waals surface area contributed by atoms with Crippen LogP contribution in [0.1, 0.15) is 61.9 Å². The van der Waals surface area contributed by atoms with Crippen molar-refractivity contribution < 1.29 is 36.6 Å². The second-order valence-corrected chi connectivity index (χ2v) is 10.7. The fourth-order valence-corrected chi connectivity index (χ4v) is 5.95. The van der Waals surface area contributed by atoms with Crippen LogP contribution >= 0.6 is 0 Å². The molecule has 1 aliphatic heterocycles. The third-order valence-corrected chi connectivity index (χ3v) is 8.52. The Morgan fingerprint density at radius 2 is 1.85 bits per heavy atom. The number of methoxy groups -OCH3 is 2. The van der Waals surface area contributed by atoms with Crippen molar-refractivity contribution >= 4 is 11.8 Å². The number of H-pyrrole nitrogens is 1. The normalized spacial score (nSPS) is 26.4. The molecule has 2 N–H and O–H groups in total. The number of carbonyl (C=O) groups is 2. The van der Waals surface area contributed by atoms with E-state index in [0.29, 0.717) is 25.1 Å². The molecule has 3 heterocycles. The summed E-state index contributed by atoms with van der Waals surface area (Å²) in [7, 11) is 2.49. The zero-order chi connectivity index (χ0) is 28.0. The van der Waals surface area contributed by atoms with Crippen LogP contribution in [-0.4, -0.2) is 76.0 Å². The highest BCUT2D eigenvalue weighted by Crippen LogP contribution is 2.51. The second kappa shape index (κ2) is 10.1. The Morgan fingerprint density at radius 3 is 2.46 bits per heavy atom. The zero-order valence-electron chi connectivity index (χ0n) is 21.7. The molecule has 1 spiro atoms. The molecule has 0 aromatic carbocycles. The number of hydrogen-bond acceptors (Lipinski definition) is 6. The van der Waals surface area contributed by atoms with Crippen LogP contribution in [0.25, 0.3) is 11.3 Å². The average molecular weight is 554 g/mol. The lowest BCUT2D eigenvalue weighted by atomic mass is 9.81. The molecule has 2 saturated carbocycles. The number of carbonyl (C=O) groups excluding carboxylic acids is 2. The number of likely N-dealkylation sites (tertiary alicyclic amines) is 1. The molecule has 0 bridgehead atoms. The van der Waals surface area contributed by atoms with Crippen LogP contribution in [0.15, 0.2) is 18.3 Å². The van der Waals surface area contributed by atoms with Gasteiger partial charge >= 0.3 is 6.18 Å². The van der Waals surface area contributed by atoms with E-state index in [1.807, 2.05) is 0 Å². The Morgan fingerprint density at radius 1 is 1.13 bits per heavy atom. The molecule has 212 valence electrons. The van der Waals surface area contributed by atoms with E-state index in [4.69, 9.17) is 9.47 Å². The maximum Gasteiger partial charge on any atom is 0.417 e.